The summed E-state index contributed by atoms with van der Waals surface area (Å²) < 4.78 is 17.5. The van der Waals surface area contributed by atoms with Gasteiger partial charge < -0.3 is 14.2 Å². The summed E-state index contributed by atoms with van der Waals surface area (Å²) in [6.07, 6.45) is 3.57. The van der Waals surface area contributed by atoms with Gasteiger partial charge in [-0.1, -0.05) is 11.3 Å². The number of likely N-dealkylation sites (N-methyl/N-ethyl adjacent to an activating group) is 1. The lowest BCUT2D eigenvalue weighted by Gasteiger charge is -2.31. The number of halogens is 1. The van der Waals surface area contributed by atoms with Gasteiger partial charge in [0.1, 0.15) is 4.83 Å². The Kier molecular flexibility index (Phi) is 3.95. The van der Waals surface area contributed by atoms with E-state index < -0.39 is 5.82 Å². The van der Waals surface area contributed by atoms with E-state index in [1.165, 1.54) is 28.0 Å². The Morgan fingerprint density at radius 3 is 2.64 bits per heavy atom. The van der Waals surface area contributed by atoms with E-state index >= 15 is 0 Å². The zero-order valence-electron chi connectivity index (χ0n) is 15.6. The largest absolute Gasteiger partial charge is 0.344 e. The molecule has 0 saturated carbocycles. The van der Waals surface area contributed by atoms with Crippen LogP contribution in [0.15, 0.2) is 35.4 Å². The van der Waals surface area contributed by atoms with E-state index in [1.807, 2.05) is 13.0 Å². The molecule has 0 amide bonds. The average molecular weight is 398 g/mol. The maximum Gasteiger partial charge on any atom is 0.272 e. The Bertz CT molecular complexity index is 1250. The highest BCUT2D eigenvalue weighted by Crippen LogP contribution is 2.28. The first kappa shape index (κ1) is 17.3. The summed E-state index contributed by atoms with van der Waals surface area (Å²) in [4.78, 5) is 22.1. The SMILES string of the molecule is Cc1cn2cc(-c3cc(=O)n4nc(N5CCN(C)CC5)sc4c3)cc(F)c2n1. The van der Waals surface area contributed by atoms with Crippen molar-refractivity contribution in [3.05, 3.63) is 52.5 Å². The number of hydrogen-bond acceptors (Lipinski definition) is 6. The number of imidazole rings is 1. The van der Waals surface area contributed by atoms with Gasteiger partial charge in [0.15, 0.2) is 11.5 Å². The van der Waals surface area contributed by atoms with Crippen molar-refractivity contribution >= 4 is 26.9 Å². The van der Waals surface area contributed by atoms with Crippen molar-refractivity contribution in [1.29, 1.82) is 0 Å². The van der Waals surface area contributed by atoms with Crippen molar-refractivity contribution in [2.75, 3.05) is 38.1 Å². The normalized spacial score (nSPS) is 15.8. The topological polar surface area (TPSA) is 58.2 Å². The third-order valence-electron chi connectivity index (χ3n) is 5.09. The lowest BCUT2D eigenvalue weighted by atomic mass is 10.1. The van der Waals surface area contributed by atoms with E-state index in [1.54, 1.807) is 16.8 Å². The molecule has 1 aliphatic heterocycles. The molecule has 0 N–H and O–H groups in total. The van der Waals surface area contributed by atoms with E-state index in [4.69, 9.17) is 0 Å². The standard InChI is InChI=1S/C19H19FN6OS/c1-12-10-25-11-14(7-15(20)18(25)21-12)13-8-16(27)26-17(9-13)28-19(22-26)24-5-3-23(2)4-6-24/h7-11H,3-6H2,1-2H3. The lowest BCUT2D eigenvalue weighted by molar-refractivity contribution is 0.312. The summed E-state index contributed by atoms with van der Waals surface area (Å²) in [6, 6.07) is 4.82. The molecule has 4 aromatic rings. The van der Waals surface area contributed by atoms with E-state index in [0.29, 0.717) is 11.1 Å². The second-order valence-electron chi connectivity index (χ2n) is 7.20. The first-order chi connectivity index (χ1) is 13.5. The number of anilines is 1. The molecule has 0 spiro atoms. The van der Waals surface area contributed by atoms with Crippen molar-refractivity contribution < 1.29 is 4.39 Å². The molecule has 9 heteroatoms. The smallest absolute Gasteiger partial charge is 0.272 e. The summed E-state index contributed by atoms with van der Waals surface area (Å²) >= 11 is 1.49. The minimum absolute atomic E-state index is 0.216. The van der Waals surface area contributed by atoms with E-state index in [0.717, 1.165) is 41.8 Å². The minimum atomic E-state index is -0.409. The van der Waals surface area contributed by atoms with E-state index in [-0.39, 0.29) is 11.2 Å². The molecule has 7 nitrogen and oxygen atoms in total. The van der Waals surface area contributed by atoms with Crippen LogP contribution in [0.4, 0.5) is 9.52 Å². The van der Waals surface area contributed by atoms with Crippen LogP contribution in [0.25, 0.3) is 21.6 Å². The third kappa shape index (κ3) is 2.87. The number of rotatable bonds is 2. The van der Waals surface area contributed by atoms with Gasteiger partial charge in [0.25, 0.3) is 5.56 Å². The highest BCUT2D eigenvalue weighted by molar-refractivity contribution is 7.20. The summed E-state index contributed by atoms with van der Waals surface area (Å²) in [5.41, 5.74) is 2.12. The first-order valence-electron chi connectivity index (χ1n) is 9.10. The van der Waals surface area contributed by atoms with Crippen LogP contribution in [-0.2, 0) is 0 Å². The molecular weight excluding hydrogens is 379 g/mol. The van der Waals surface area contributed by atoms with Crippen LogP contribution in [0, 0.1) is 12.7 Å². The molecular formula is C19H19FN6OS. The van der Waals surface area contributed by atoms with Crippen LogP contribution in [0.3, 0.4) is 0 Å². The van der Waals surface area contributed by atoms with Crippen molar-refractivity contribution in [3.63, 3.8) is 0 Å². The maximum atomic E-state index is 14.5. The van der Waals surface area contributed by atoms with Gasteiger partial charge in [-0.15, -0.1) is 5.10 Å². The number of pyridine rings is 2. The van der Waals surface area contributed by atoms with Crippen LogP contribution >= 0.6 is 11.3 Å². The number of aryl methyl sites for hydroxylation is 1. The third-order valence-corrected chi connectivity index (χ3v) is 6.11. The van der Waals surface area contributed by atoms with Gasteiger partial charge in [-0.2, -0.15) is 4.52 Å². The van der Waals surface area contributed by atoms with Gasteiger partial charge in [-0.3, -0.25) is 4.79 Å². The van der Waals surface area contributed by atoms with Crippen molar-refractivity contribution in [3.8, 4) is 11.1 Å². The average Bonchev–Trinajstić information content (AvgIpc) is 3.26. The van der Waals surface area contributed by atoms with Gasteiger partial charge in [0, 0.05) is 50.2 Å². The predicted molar refractivity (Wildman–Crippen MR) is 108 cm³/mol. The fraction of sp³-hybridized carbons (Fsp3) is 0.316. The second kappa shape index (κ2) is 6.39. The molecule has 0 radical (unpaired) electrons. The Balaban J connectivity index is 1.58. The number of nitrogens with zero attached hydrogens (tertiary/aromatic N) is 6. The van der Waals surface area contributed by atoms with Crippen LogP contribution in [-0.4, -0.2) is 57.1 Å². The Morgan fingerprint density at radius 1 is 1.07 bits per heavy atom. The van der Waals surface area contributed by atoms with E-state index in [2.05, 4.69) is 26.9 Å². The first-order valence-corrected chi connectivity index (χ1v) is 9.92. The number of fused-ring (bicyclic) bond motifs is 2. The minimum Gasteiger partial charge on any atom is -0.344 e. The fourth-order valence-electron chi connectivity index (χ4n) is 3.54. The molecule has 0 aromatic carbocycles. The zero-order valence-corrected chi connectivity index (χ0v) is 16.4. The van der Waals surface area contributed by atoms with Gasteiger partial charge in [0.2, 0.25) is 5.13 Å². The molecule has 5 heterocycles. The van der Waals surface area contributed by atoms with Crippen molar-refractivity contribution in [1.82, 2.24) is 23.9 Å². The maximum absolute atomic E-state index is 14.5. The van der Waals surface area contributed by atoms with Gasteiger partial charge in [0.05, 0.1) is 5.69 Å². The number of piperazine rings is 1. The van der Waals surface area contributed by atoms with E-state index in [9.17, 15) is 9.18 Å². The number of aromatic nitrogens is 4. The summed E-state index contributed by atoms with van der Waals surface area (Å²) in [7, 11) is 2.10. The fourth-order valence-corrected chi connectivity index (χ4v) is 4.56. The monoisotopic (exact) mass is 398 g/mol. The Morgan fingerprint density at radius 2 is 1.86 bits per heavy atom. The van der Waals surface area contributed by atoms with Gasteiger partial charge >= 0.3 is 0 Å². The van der Waals surface area contributed by atoms with Crippen LogP contribution in [0.1, 0.15) is 5.69 Å². The molecule has 5 rings (SSSR count). The second-order valence-corrected chi connectivity index (χ2v) is 8.18. The van der Waals surface area contributed by atoms with Crippen molar-refractivity contribution in [2.24, 2.45) is 0 Å². The molecule has 0 unspecified atom stereocenters. The number of hydrogen-bond donors (Lipinski definition) is 0. The van der Waals surface area contributed by atoms with Crippen molar-refractivity contribution in [2.45, 2.75) is 6.92 Å². The lowest BCUT2D eigenvalue weighted by Crippen LogP contribution is -2.44. The molecule has 1 fully saturated rings. The summed E-state index contributed by atoms with van der Waals surface area (Å²) in [5, 5.41) is 5.35. The molecule has 0 bridgehead atoms. The summed E-state index contributed by atoms with van der Waals surface area (Å²) in [5.74, 6) is -0.409. The molecule has 4 aromatic heterocycles. The quantitative estimate of drug-likeness (QED) is 0.519. The van der Waals surface area contributed by atoms with Gasteiger partial charge in [-0.05, 0) is 31.7 Å². The van der Waals surface area contributed by atoms with Crippen LogP contribution in [0.5, 0.6) is 0 Å². The molecule has 1 saturated heterocycles. The van der Waals surface area contributed by atoms with Crippen LogP contribution < -0.4 is 10.5 Å². The predicted octanol–water partition coefficient (Wildman–Crippen LogP) is 2.27. The highest BCUT2D eigenvalue weighted by atomic mass is 32.1. The summed E-state index contributed by atoms with van der Waals surface area (Å²) in [6.45, 7) is 5.54. The molecule has 144 valence electrons. The molecule has 1 aliphatic rings. The highest BCUT2D eigenvalue weighted by Gasteiger charge is 2.19. The Labute approximate surface area is 164 Å². The van der Waals surface area contributed by atoms with Gasteiger partial charge in [-0.25, -0.2) is 9.37 Å². The Hall–Kier alpha value is -2.78. The molecule has 0 atom stereocenters. The zero-order chi connectivity index (χ0) is 19.4. The van der Waals surface area contributed by atoms with Crippen LogP contribution in [0.2, 0.25) is 0 Å². The molecule has 28 heavy (non-hydrogen) atoms. The molecule has 0 aliphatic carbocycles.